The third-order valence-electron chi connectivity index (χ3n) is 5.31. The molecule has 0 saturated heterocycles. The lowest BCUT2D eigenvalue weighted by Crippen LogP contribution is -2.30. The summed E-state index contributed by atoms with van der Waals surface area (Å²) in [6, 6.07) is 16.5. The molecule has 5 heteroatoms. The largest absolute Gasteiger partial charge is 0.367 e. The molecule has 0 bridgehead atoms. The molecule has 1 aliphatic rings. The maximum Gasteiger partial charge on any atom is 0.251 e. The highest BCUT2D eigenvalue weighted by atomic mass is 32.1. The number of thiazole rings is 1. The number of amides is 1. The van der Waals surface area contributed by atoms with Gasteiger partial charge in [0, 0.05) is 29.2 Å². The standard InChI is InChI=1S/C23H25N3OS/c1-15-22(28-17(3)24-15)16(2)25-23(27)19-8-10-21(11-9-19)26-13-12-18-6-4-5-7-20(18)14-26/h4-11,16H,12-14H2,1-3H3,(H,25,27)/t16-/m0/s1. The molecule has 0 saturated carbocycles. The summed E-state index contributed by atoms with van der Waals surface area (Å²) in [6.45, 7) is 7.92. The first-order chi connectivity index (χ1) is 13.5. The minimum Gasteiger partial charge on any atom is -0.367 e. The lowest BCUT2D eigenvalue weighted by molar-refractivity contribution is 0.0940. The van der Waals surface area contributed by atoms with Crippen LogP contribution in [0.1, 0.15) is 50.0 Å². The van der Waals surface area contributed by atoms with Gasteiger partial charge in [0.05, 0.1) is 16.7 Å². The molecule has 0 radical (unpaired) electrons. The van der Waals surface area contributed by atoms with Crippen LogP contribution in [0.5, 0.6) is 0 Å². The number of aromatic nitrogens is 1. The molecule has 1 amide bonds. The molecule has 4 nitrogen and oxygen atoms in total. The van der Waals surface area contributed by atoms with Crippen molar-refractivity contribution in [3.05, 3.63) is 80.8 Å². The Bertz CT molecular complexity index is 993. The lowest BCUT2D eigenvalue weighted by atomic mass is 9.99. The summed E-state index contributed by atoms with van der Waals surface area (Å²) in [7, 11) is 0. The van der Waals surface area contributed by atoms with Crippen LogP contribution in [0.2, 0.25) is 0 Å². The highest BCUT2D eigenvalue weighted by Gasteiger charge is 2.18. The van der Waals surface area contributed by atoms with Crippen LogP contribution in [0, 0.1) is 13.8 Å². The molecule has 4 rings (SSSR count). The number of rotatable bonds is 4. The minimum absolute atomic E-state index is 0.0445. The van der Waals surface area contributed by atoms with Gasteiger partial charge in [-0.1, -0.05) is 24.3 Å². The van der Waals surface area contributed by atoms with Crippen molar-refractivity contribution in [2.45, 2.75) is 39.8 Å². The van der Waals surface area contributed by atoms with Crippen molar-refractivity contribution in [1.29, 1.82) is 0 Å². The zero-order valence-electron chi connectivity index (χ0n) is 16.5. The Balaban J connectivity index is 1.43. The minimum atomic E-state index is -0.0477. The number of anilines is 1. The molecule has 2 heterocycles. The van der Waals surface area contributed by atoms with Crippen molar-refractivity contribution in [1.82, 2.24) is 10.3 Å². The predicted molar refractivity (Wildman–Crippen MR) is 115 cm³/mol. The third-order valence-corrected chi connectivity index (χ3v) is 6.56. The summed E-state index contributed by atoms with van der Waals surface area (Å²) in [5.41, 5.74) is 5.67. The molecule has 2 aromatic carbocycles. The van der Waals surface area contributed by atoms with Gasteiger partial charge in [-0.2, -0.15) is 0 Å². The Morgan fingerprint density at radius 3 is 2.50 bits per heavy atom. The molecule has 0 aliphatic carbocycles. The number of carbonyl (C=O) groups excluding carboxylic acids is 1. The maximum absolute atomic E-state index is 12.7. The zero-order valence-corrected chi connectivity index (χ0v) is 17.3. The second-order valence-corrected chi connectivity index (χ2v) is 8.60. The fourth-order valence-corrected chi connectivity index (χ4v) is 4.76. The fourth-order valence-electron chi connectivity index (χ4n) is 3.83. The van der Waals surface area contributed by atoms with Gasteiger partial charge in [-0.05, 0) is 62.6 Å². The van der Waals surface area contributed by atoms with Crippen LogP contribution in [-0.2, 0) is 13.0 Å². The highest BCUT2D eigenvalue weighted by Crippen LogP contribution is 2.26. The molecular weight excluding hydrogens is 366 g/mol. The molecule has 1 aliphatic heterocycles. The smallest absolute Gasteiger partial charge is 0.251 e. The van der Waals surface area contributed by atoms with E-state index in [1.807, 2.05) is 32.9 Å². The maximum atomic E-state index is 12.7. The number of benzene rings is 2. The van der Waals surface area contributed by atoms with E-state index < -0.39 is 0 Å². The highest BCUT2D eigenvalue weighted by molar-refractivity contribution is 7.11. The van der Waals surface area contributed by atoms with Gasteiger partial charge in [-0.3, -0.25) is 4.79 Å². The first-order valence-corrected chi connectivity index (χ1v) is 10.5. The van der Waals surface area contributed by atoms with Crippen LogP contribution in [0.3, 0.4) is 0 Å². The van der Waals surface area contributed by atoms with E-state index in [1.165, 1.54) is 11.1 Å². The van der Waals surface area contributed by atoms with Gasteiger partial charge in [0.1, 0.15) is 0 Å². The van der Waals surface area contributed by atoms with E-state index in [0.29, 0.717) is 5.56 Å². The molecule has 0 fully saturated rings. The predicted octanol–water partition coefficient (Wildman–Crippen LogP) is 4.81. The summed E-state index contributed by atoms with van der Waals surface area (Å²) >= 11 is 1.64. The summed E-state index contributed by atoms with van der Waals surface area (Å²) in [5, 5.41) is 4.13. The SMILES string of the molecule is Cc1nc(C)c([C@H](C)NC(=O)c2ccc(N3CCc4ccccc4C3)cc2)s1. The average Bonchev–Trinajstić information content (AvgIpc) is 3.06. The van der Waals surface area contributed by atoms with Crippen molar-refractivity contribution in [2.75, 3.05) is 11.4 Å². The van der Waals surface area contributed by atoms with E-state index in [4.69, 9.17) is 0 Å². The van der Waals surface area contributed by atoms with E-state index in [1.54, 1.807) is 11.3 Å². The summed E-state index contributed by atoms with van der Waals surface area (Å²) in [6.07, 6.45) is 1.06. The Morgan fingerprint density at radius 2 is 1.82 bits per heavy atom. The van der Waals surface area contributed by atoms with Gasteiger partial charge in [-0.15, -0.1) is 11.3 Å². The molecular formula is C23H25N3OS. The van der Waals surface area contributed by atoms with Crippen molar-refractivity contribution in [3.63, 3.8) is 0 Å². The topological polar surface area (TPSA) is 45.2 Å². The summed E-state index contributed by atoms with van der Waals surface area (Å²) in [5.74, 6) is -0.0477. The number of nitrogens with zero attached hydrogens (tertiary/aromatic N) is 2. The van der Waals surface area contributed by atoms with Crippen molar-refractivity contribution in [3.8, 4) is 0 Å². The Morgan fingerprint density at radius 1 is 1.11 bits per heavy atom. The van der Waals surface area contributed by atoms with Crippen molar-refractivity contribution < 1.29 is 4.79 Å². The van der Waals surface area contributed by atoms with Gasteiger partial charge in [0.25, 0.3) is 5.91 Å². The van der Waals surface area contributed by atoms with E-state index in [0.717, 1.165) is 40.8 Å². The van der Waals surface area contributed by atoms with Crippen LogP contribution in [0.4, 0.5) is 5.69 Å². The van der Waals surface area contributed by atoms with Crippen molar-refractivity contribution >= 4 is 22.9 Å². The van der Waals surface area contributed by atoms with E-state index >= 15 is 0 Å². The van der Waals surface area contributed by atoms with Gasteiger partial charge < -0.3 is 10.2 Å². The van der Waals surface area contributed by atoms with Crippen LogP contribution in [0.25, 0.3) is 0 Å². The molecule has 1 aromatic heterocycles. The zero-order chi connectivity index (χ0) is 19.7. The fraction of sp³-hybridized carbons (Fsp3) is 0.304. The van der Waals surface area contributed by atoms with E-state index in [9.17, 15) is 4.79 Å². The van der Waals surface area contributed by atoms with Gasteiger partial charge in [-0.25, -0.2) is 4.98 Å². The lowest BCUT2D eigenvalue weighted by Gasteiger charge is -2.30. The first-order valence-electron chi connectivity index (χ1n) is 9.68. The second kappa shape index (κ2) is 7.76. The second-order valence-electron chi connectivity index (χ2n) is 7.36. The van der Waals surface area contributed by atoms with Gasteiger partial charge in [0.2, 0.25) is 0 Å². The average molecular weight is 392 g/mol. The monoisotopic (exact) mass is 391 g/mol. The molecule has 0 unspecified atom stereocenters. The molecule has 0 spiro atoms. The molecule has 28 heavy (non-hydrogen) atoms. The Hall–Kier alpha value is -2.66. The number of hydrogen-bond acceptors (Lipinski definition) is 4. The van der Waals surface area contributed by atoms with Crippen molar-refractivity contribution in [2.24, 2.45) is 0 Å². The number of carbonyl (C=O) groups is 1. The van der Waals surface area contributed by atoms with E-state index in [-0.39, 0.29) is 11.9 Å². The quantitative estimate of drug-likeness (QED) is 0.694. The number of aryl methyl sites for hydroxylation is 2. The first kappa shape index (κ1) is 18.7. The number of fused-ring (bicyclic) bond motifs is 1. The van der Waals surface area contributed by atoms with Gasteiger partial charge >= 0.3 is 0 Å². The van der Waals surface area contributed by atoms with Crippen LogP contribution >= 0.6 is 11.3 Å². The summed E-state index contributed by atoms with van der Waals surface area (Å²) < 4.78 is 0. The van der Waals surface area contributed by atoms with Crippen LogP contribution in [0.15, 0.2) is 48.5 Å². The van der Waals surface area contributed by atoms with Gasteiger partial charge in [0.15, 0.2) is 0 Å². The normalized spacial score (nSPS) is 14.5. The third kappa shape index (κ3) is 3.80. The number of nitrogens with one attached hydrogen (secondary N) is 1. The Kier molecular flexibility index (Phi) is 5.18. The molecule has 3 aromatic rings. The molecule has 1 N–H and O–H groups in total. The number of hydrogen-bond donors (Lipinski definition) is 1. The summed E-state index contributed by atoms with van der Waals surface area (Å²) in [4.78, 5) is 20.6. The molecule has 1 atom stereocenters. The van der Waals surface area contributed by atoms with Crippen LogP contribution in [-0.4, -0.2) is 17.4 Å². The van der Waals surface area contributed by atoms with Crippen LogP contribution < -0.4 is 10.2 Å². The Labute approximate surface area is 170 Å². The van der Waals surface area contributed by atoms with E-state index in [2.05, 4.69) is 51.6 Å². The molecule has 144 valence electrons.